The first-order chi connectivity index (χ1) is 16.8. The summed E-state index contributed by atoms with van der Waals surface area (Å²) in [5.41, 5.74) is 1.68. The Morgan fingerprint density at radius 2 is 1.80 bits per heavy atom. The minimum atomic E-state index is -0.841. The van der Waals surface area contributed by atoms with Crippen molar-refractivity contribution < 1.29 is 34.0 Å². The third kappa shape index (κ3) is 4.82. The zero-order valence-electron chi connectivity index (χ0n) is 20.1. The fraction of sp³-hybridized carbons (Fsp3) is 0.385. The second-order valence-electron chi connectivity index (χ2n) is 8.56. The molecule has 2 heterocycles. The molecule has 35 heavy (non-hydrogen) atoms. The molecule has 2 aliphatic rings. The van der Waals surface area contributed by atoms with Crippen LogP contribution in [0.3, 0.4) is 0 Å². The van der Waals surface area contributed by atoms with E-state index in [1.54, 1.807) is 44.4 Å². The number of phenols is 1. The van der Waals surface area contributed by atoms with E-state index in [1.165, 1.54) is 18.1 Å². The number of hydrogen-bond donors (Lipinski definition) is 2. The van der Waals surface area contributed by atoms with E-state index in [1.807, 2.05) is 0 Å². The van der Waals surface area contributed by atoms with Crippen LogP contribution in [0, 0.1) is 6.92 Å². The van der Waals surface area contributed by atoms with Crippen molar-refractivity contribution in [1.82, 2.24) is 9.80 Å². The molecule has 2 fully saturated rings. The van der Waals surface area contributed by atoms with E-state index in [-0.39, 0.29) is 29.4 Å². The van der Waals surface area contributed by atoms with Crippen molar-refractivity contribution in [3.63, 3.8) is 0 Å². The number of likely N-dealkylation sites (tertiary alicyclic amines) is 1. The number of methoxy groups -OCH3 is 2. The van der Waals surface area contributed by atoms with Crippen LogP contribution >= 0.6 is 0 Å². The predicted octanol–water partition coefficient (Wildman–Crippen LogP) is 2.47. The number of phenolic OH excluding ortho intramolecular Hbond substituents is 1. The van der Waals surface area contributed by atoms with Crippen LogP contribution in [0.5, 0.6) is 17.2 Å². The summed E-state index contributed by atoms with van der Waals surface area (Å²) in [7, 11) is 2.97. The van der Waals surface area contributed by atoms with Crippen molar-refractivity contribution in [3.05, 3.63) is 58.7 Å². The van der Waals surface area contributed by atoms with Crippen LogP contribution in [0.1, 0.15) is 22.7 Å². The lowest BCUT2D eigenvalue weighted by Gasteiger charge is -2.31. The highest BCUT2D eigenvalue weighted by Gasteiger charge is 2.46. The molecule has 2 aliphatic heterocycles. The van der Waals surface area contributed by atoms with Gasteiger partial charge in [-0.15, -0.1) is 0 Å². The number of carbonyl (C=O) groups excluding carboxylic acids is 2. The van der Waals surface area contributed by atoms with Crippen LogP contribution in [-0.2, 0) is 14.3 Å². The number of ether oxygens (including phenoxy) is 3. The van der Waals surface area contributed by atoms with E-state index in [2.05, 4.69) is 4.90 Å². The van der Waals surface area contributed by atoms with Gasteiger partial charge in [-0.2, -0.15) is 0 Å². The van der Waals surface area contributed by atoms with Gasteiger partial charge in [-0.05, 0) is 48.4 Å². The van der Waals surface area contributed by atoms with E-state index in [0.717, 1.165) is 13.1 Å². The summed E-state index contributed by atoms with van der Waals surface area (Å²) in [6.45, 7) is 5.37. The predicted molar refractivity (Wildman–Crippen MR) is 129 cm³/mol. The Morgan fingerprint density at radius 3 is 2.46 bits per heavy atom. The van der Waals surface area contributed by atoms with Gasteiger partial charge in [0.25, 0.3) is 11.7 Å². The summed E-state index contributed by atoms with van der Waals surface area (Å²) in [6.07, 6.45) is 0. The van der Waals surface area contributed by atoms with Crippen LogP contribution in [0.2, 0.25) is 0 Å². The second kappa shape index (κ2) is 10.4. The van der Waals surface area contributed by atoms with Gasteiger partial charge in [0, 0.05) is 31.7 Å². The second-order valence-corrected chi connectivity index (χ2v) is 8.56. The molecule has 2 saturated heterocycles. The molecule has 4 rings (SSSR count). The molecule has 9 heteroatoms. The zero-order valence-corrected chi connectivity index (χ0v) is 20.1. The van der Waals surface area contributed by atoms with Crippen molar-refractivity contribution in [2.75, 3.05) is 53.6 Å². The van der Waals surface area contributed by atoms with Gasteiger partial charge in [0.05, 0.1) is 39.0 Å². The molecule has 0 unspecified atom stereocenters. The molecule has 0 saturated carbocycles. The minimum Gasteiger partial charge on any atom is -0.507 e. The Balaban J connectivity index is 1.79. The average molecular weight is 483 g/mol. The molecule has 0 radical (unpaired) electrons. The van der Waals surface area contributed by atoms with Crippen molar-refractivity contribution >= 4 is 17.4 Å². The standard InChI is InChI=1S/C26H30N2O7/c1-16-14-18(33-2)5-6-19(16)24(30)22-23(17-4-7-20(29)21(15-17)34-3)28(26(32)25(22)31)9-8-27-10-12-35-13-11-27/h4-7,14-15,23,29-30H,8-13H2,1-3H3/t23-/m0/s1. The number of nitrogens with zero attached hydrogens (tertiary/aromatic N) is 2. The number of Topliss-reactive ketones (excluding diaryl/α,β-unsaturated/α-hetero) is 1. The quantitative estimate of drug-likeness (QED) is 0.352. The fourth-order valence-corrected chi connectivity index (χ4v) is 4.57. The van der Waals surface area contributed by atoms with E-state index < -0.39 is 17.7 Å². The van der Waals surface area contributed by atoms with E-state index in [0.29, 0.717) is 42.2 Å². The minimum absolute atomic E-state index is 0.00186. The summed E-state index contributed by atoms with van der Waals surface area (Å²) in [5, 5.41) is 21.4. The largest absolute Gasteiger partial charge is 0.507 e. The SMILES string of the molecule is COc1ccc(C(O)=C2C(=O)C(=O)N(CCN3CCOCC3)[C@H]2c2ccc(O)c(OC)c2)c(C)c1. The summed E-state index contributed by atoms with van der Waals surface area (Å²) < 4.78 is 15.9. The lowest BCUT2D eigenvalue weighted by atomic mass is 9.93. The van der Waals surface area contributed by atoms with Crippen LogP contribution in [0.4, 0.5) is 0 Å². The first kappa shape index (κ1) is 24.6. The smallest absolute Gasteiger partial charge is 0.295 e. The Kier molecular flexibility index (Phi) is 7.28. The van der Waals surface area contributed by atoms with E-state index >= 15 is 0 Å². The number of morpholine rings is 1. The lowest BCUT2D eigenvalue weighted by molar-refractivity contribution is -0.140. The molecule has 0 aliphatic carbocycles. The van der Waals surface area contributed by atoms with Crippen molar-refractivity contribution in [2.45, 2.75) is 13.0 Å². The topological polar surface area (TPSA) is 109 Å². The maximum absolute atomic E-state index is 13.3. The summed E-state index contributed by atoms with van der Waals surface area (Å²) in [4.78, 5) is 30.1. The maximum atomic E-state index is 13.3. The summed E-state index contributed by atoms with van der Waals surface area (Å²) in [6, 6.07) is 8.93. The highest BCUT2D eigenvalue weighted by atomic mass is 16.5. The van der Waals surface area contributed by atoms with Gasteiger partial charge < -0.3 is 29.3 Å². The zero-order chi connectivity index (χ0) is 25.1. The monoisotopic (exact) mass is 482 g/mol. The van der Waals surface area contributed by atoms with Gasteiger partial charge in [-0.3, -0.25) is 14.5 Å². The van der Waals surface area contributed by atoms with Crippen molar-refractivity contribution in [2.24, 2.45) is 0 Å². The van der Waals surface area contributed by atoms with E-state index in [4.69, 9.17) is 14.2 Å². The number of amides is 1. The van der Waals surface area contributed by atoms with Gasteiger partial charge in [0.1, 0.15) is 11.5 Å². The number of carbonyl (C=O) groups is 2. The van der Waals surface area contributed by atoms with Crippen LogP contribution < -0.4 is 9.47 Å². The normalized spacial score (nSPS) is 20.3. The van der Waals surface area contributed by atoms with Crippen molar-refractivity contribution in [3.8, 4) is 17.2 Å². The van der Waals surface area contributed by atoms with Gasteiger partial charge in [0.15, 0.2) is 11.5 Å². The molecule has 2 aromatic rings. The molecular formula is C26H30N2O7. The molecule has 2 aromatic carbocycles. The lowest BCUT2D eigenvalue weighted by Crippen LogP contribution is -2.42. The summed E-state index contributed by atoms with van der Waals surface area (Å²) in [5.74, 6) is -0.923. The van der Waals surface area contributed by atoms with Gasteiger partial charge in [-0.25, -0.2) is 0 Å². The van der Waals surface area contributed by atoms with Gasteiger partial charge in [0.2, 0.25) is 0 Å². The van der Waals surface area contributed by atoms with E-state index in [9.17, 15) is 19.8 Å². The Hall–Kier alpha value is -3.56. The number of aliphatic hydroxyl groups is 1. The first-order valence-electron chi connectivity index (χ1n) is 11.5. The maximum Gasteiger partial charge on any atom is 0.295 e. The Morgan fingerprint density at radius 1 is 1.06 bits per heavy atom. The number of ketones is 1. The third-order valence-electron chi connectivity index (χ3n) is 6.51. The average Bonchev–Trinajstić information content (AvgIpc) is 3.12. The van der Waals surface area contributed by atoms with Crippen LogP contribution in [0.25, 0.3) is 5.76 Å². The molecule has 9 nitrogen and oxygen atoms in total. The number of rotatable bonds is 7. The molecule has 0 aromatic heterocycles. The molecule has 0 bridgehead atoms. The highest BCUT2D eigenvalue weighted by molar-refractivity contribution is 6.46. The molecule has 2 N–H and O–H groups in total. The summed E-state index contributed by atoms with van der Waals surface area (Å²) >= 11 is 0. The molecular weight excluding hydrogens is 452 g/mol. The molecule has 1 atom stereocenters. The van der Waals surface area contributed by atoms with Gasteiger partial charge in [-0.1, -0.05) is 6.07 Å². The molecule has 1 amide bonds. The van der Waals surface area contributed by atoms with Crippen LogP contribution in [-0.4, -0.2) is 85.3 Å². The number of aliphatic hydroxyl groups excluding tert-OH is 1. The van der Waals surface area contributed by atoms with Gasteiger partial charge >= 0.3 is 0 Å². The highest BCUT2D eigenvalue weighted by Crippen LogP contribution is 2.42. The van der Waals surface area contributed by atoms with Crippen LogP contribution in [0.15, 0.2) is 42.0 Å². The first-order valence-corrected chi connectivity index (χ1v) is 11.5. The molecule has 186 valence electrons. The Bertz CT molecular complexity index is 1150. The third-order valence-corrected chi connectivity index (χ3v) is 6.51. The number of benzene rings is 2. The molecule has 0 spiro atoms. The fourth-order valence-electron chi connectivity index (χ4n) is 4.57. The number of hydrogen-bond acceptors (Lipinski definition) is 8. The Labute approximate surface area is 204 Å². The van der Waals surface area contributed by atoms with Crippen molar-refractivity contribution in [1.29, 1.82) is 0 Å². The number of aryl methyl sites for hydroxylation is 1. The number of aromatic hydroxyl groups is 1.